The molecule has 3 heterocycles. The van der Waals surface area contributed by atoms with E-state index in [0.717, 1.165) is 6.42 Å². The third kappa shape index (κ3) is 7.08. The number of hydrogen-bond acceptors (Lipinski definition) is 17. The van der Waals surface area contributed by atoms with Crippen molar-refractivity contribution in [3.63, 3.8) is 0 Å². The second kappa shape index (κ2) is 14.6. The highest BCUT2D eigenvalue weighted by atomic mass is 16.8. The Kier molecular flexibility index (Phi) is 11.9. The zero-order chi connectivity index (χ0) is 30.9. The van der Waals surface area contributed by atoms with E-state index in [9.17, 15) is 25.5 Å². The molecular weight excluding hydrogens is 560 g/mol. The van der Waals surface area contributed by atoms with Crippen molar-refractivity contribution in [3.05, 3.63) is 0 Å². The van der Waals surface area contributed by atoms with Crippen molar-refractivity contribution in [2.75, 3.05) is 20.2 Å². The van der Waals surface area contributed by atoms with Gasteiger partial charge in [0.2, 0.25) is 0 Å². The monoisotopic (exact) mass is 610 g/mol. The molecule has 1 unspecified atom stereocenters. The summed E-state index contributed by atoms with van der Waals surface area (Å²) in [4.78, 5) is 0. The van der Waals surface area contributed by atoms with E-state index in [0.29, 0.717) is 6.42 Å². The first-order valence-electron chi connectivity index (χ1n) is 14.6. The van der Waals surface area contributed by atoms with E-state index in [4.69, 9.17) is 57.1 Å². The molecule has 18 atom stereocenters. The minimum Gasteiger partial charge on any atom is -0.394 e. The van der Waals surface area contributed by atoms with Crippen molar-refractivity contribution >= 4 is 0 Å². The third-order valence-electron chi connectivity index (χ3n) is 8.85. The maximum Gasteiger partial charge on any atom is 0.187 e. The van der Waals surface area contributed by atoms with Crippen LogP contribution in [0.2, 0.25) is 0 Å². The van der Waals surface area contributed by atoms with Crippen LogP contribution in [0, 0.1) is 0 Å². The minimum absolute atomic E-state index is 0.0369. The number of rotatable bonds is 10. The standard InChI is InChI=1S/C25H50N6O11/c1-8(31-2)12-4-3-9(27)23(37-12)40-20-11(29)5-10(28)16(33)22(20)42-25-19(36)21(14(7-32)39-25)41-24-15(30)18(35)17(34)13(6-26)38-24/h8-25,31-36H,3-7,26-30H2,1-2H3/t8-,9+,10+,11-,12-,13-,14+,15+,16-,17+,18+,19+,20+,21+,22+,23+,24?,25-/m0/s1. The SMILES string of the molecule is CN[C@@H](C)[C@@H]1CC[C@@H](N)[C@@H](O[C@H]2[C@H](O[C@@H]3O[C@H](CO)[C@@H](OC4O[C@@H](CN)[C@@H](O)[C@H](O)[C@H]4N)[C@H]3O)[C@@H](O)[C@H](N)C[C@@H]2N)O1. The van der Waals surface area contributed by atoms with E-state index in [1.807, 2.05) is 14.0 Å². The van der Waals surface area contributed by atoms with Gasteiger partial charge in [0, 0.05) is 24.7 Å². The summed E-state index contributed by atoms with van der Waals surface area (Å²) in [6, 6.07) is -3.06. The van der Waals surface area contributed by atoms with Crippen LogP contribution in [0.3, 0.4) is 0 Å². The molecule has 42 heavy (non-hydrogen) atoms. The number of ether oxygens (including phenoxy) is 6. The summed E-state index contributed by atoms with van der Waals surface area (Å²) in [5.74, 6) is 0. The lowest BCUT2D eigenvalue weighted by atomic mass is 9.84. The van der Waals surface area contributed by atoms with Gasteiger partial charge in [-0.05, 0) is 33.2 Å². The van der Waals surface area contributed by atoms with Gasteiger partial charge in [-0.1, -0.05) is 0 Å². The molecule has 0 bridgehead atoms. The smallest absolute Gasteiger partial charge is 0.187 e. The van der Waals surface area contributed by atoms with E-state index in [1.54, 1.807) is 0 Å². The molecule has 3 saturated heterocycles. The van der Waals surface area contributed by atoms with Gasteiger partial charge < -0.3 is 87.9 Å². The van der Waals surface area contributed by atoms with Crippen LogP contribution < -0.4 is 34.0 Å². The van der Waals surface area contributed by atoms with E-state index < -0.39 is 105 Å². The van der Waals surface area contributed by atoms with Crippen LogP contribution in [-0.4, -0.2) is 156 Å². The zero-order valence-electron chi connectivity index (χ0n) is 24.0. The van der Waals surface area contributed by atoms with Crippen LogP contribution in [0.25, 0.3) is 0 Å². The Morgan fingerprint density at radius 1 is 0.738 bits per heavy atom. The lowest BCUT2D eigenvalue weighted by molar-refractivity contribution is -0.290. The summed E-state index contributed by atoms with van der Waals surface area (Å²) in [5, 5.41) is 55.8. The van der Waals surface area contributed by atoms with Crippen LogP contribution in [0.4, 0.5) is 0 Å². The quantitative estimate of drug-likeness (QED) is 0.110. The van der Waals surface area contributed by atoms with Gasteiger partial charge in [0.05, 0.1) is 30.9 Å². The fourth-order valence-corrected chi connectivity index (χ4v) is 5.99. The first-order valence-corrected chi connectivity index (χ1v) is 14.6. The first-order chi connectivity index (χ1) is 19.9. The molecule has 0 aromatic rings. The van der Waals surface area contributed by atoms with Crippen LogP contribution in [0.5, 0.6) is 0 Å². The second-order valence-electron chi connectivity index (χ2n) is 11.8. The van der Waals surface area contributed by atoms with Gasteiger partial charge in [-0.15, -0.1) is 0 Å². The number of nitrogens with one attached hydrogen (secondary N) is 1. The fourth-order valence-electron chi connectivity index (χ4n) is 5.99. The van der Waals surface area contributed by atoms with Gasteiger partial charge >= 0.3 is 0 Å². The maximum absolute atomic E-state index is 11.2. The molecule has 3 aliphatic heterocycles. The molecule has 1 saturated carbocycles. The highest BCUT2D eigenvalue weighted by Gasteiger charge is 2.53. The summed E-state index contributed by atoms with van der Waals surface area (Å²) in [5.41, 5.74) is 30.5. The second-order valence-corrected chi connectivity index (χ2v) is 11.8. The molecule has 16 N–H and O–H groups in total. The molecule has 0 spiro atoms. The van der Waals surface area contributed by atoms with E-state index in [1.165, 1.54) is 0 Å². The number of nitrogens with two attached hydrogens (primary N) is 5. The van der Waals surface area contributed by atoms with Gasteiger partial charge in [-0.2, -0.15) is 0 Å². The molecule has 4 rings (SSSR count). The van der Waals surface area contributed by atoms with Crippen molar-refractivity contribution in [3.8, 4) is 0 Å². The predicted molar refractivity (Wildman–Crippen MR) is 145 cm³/mol. The molecule has 1 aliphatic carbocycles. The largest absolute Gasteiger partial charge is 0.394 e. The molecule has 4 aliphatic rings. The van der Waals surface area contributed by atoms with Crippen LogP contribution >= 0.6 is 0 Å². The van der Waals surface area contributed by atoms with Crippen LogP contribution in [0.1, 0.15) is 26.2 Å². The number of hydrogen-bond donors (Lipinski definition) is 11. The lowest BCUT2D eigenvalue weighted by Gasteiger charge is -2.46. The average molecular weight is 611 g/mol. The molecular formula is C25H50N6O11. The summed E-state index contributed by atoms with van der Waals surface area (Å²) < 4.78 is 35.7. The Labute approximate surface area is 244 Å². The van der Waals surface area contributed by atoms with E-state index in [2.05, 4.69) is 5.32 Å². The molecule has 17 nitrogen and oxygen atoms in total. The third-order valence-corrected chi connectivity index (χ3v) is 8.85. The van der Waals surface area contributed by atoms with Gasteiger partial charge in [-0.3, -0.25) is 0 Å². The molecule has 246 valence electrons. The van der Waals surface area contributed by atoms with Crippen molar-refractivity contribution in [1.29, 1.82) is 0 Å². The summed E-state index contributed by atoms with van der Waals surface area (Å²) in [6.07, 6.45) is -13.1. The Hall–Kier alpha value is -0.680. The number of aliphatic hydroxyl groups excluding tert-OH is 5. The van der Waals surface area contributed by atoms with E-state index in [-0.39, 0.29) is 25.1 Å². The van der Waals surface area contributed by atoms with Gasteiger partial charge in [-0.25, -0.2) is 0 Å². The minimum atomic E-state index is -1.52. The van der Waals surface area contributed by atoms with Crippen molar-refractivity contribution in [1.82, 2.24) is 5.32 Å². The normalized spacial score (nSPS) is 51.0. The first kappa shape index (κ1) is 34.2. The predicted octanol–water partition coefficient (Wildman–Crippen LogP) is -6.19. The average Bonchev–Trinajstić information content (AvgIpc) is 3.27. The van der Waals surface area contributed by atoms with Gasteiger partial charge in [0.1, 0.15) is 48.8 Å². The topological polar surface area (TPSA) is 299 Å². The highest BCUT2D eigenvalue weighted by molar-refractivity contribution is 5.01. The Morgan fingerprint density at radius 3 is 2.02 bits per heavy atom. The maximum atomic E-state index is 11.2. The van der Waals surface area contributed by atoms with E-state index >= 15 is 0 Å². The Morgan fingerprint density at radius 2 is 1.38 bits per heavy atom. The molecule has 17 heteroatoms. The molecule has 0 radical (unpaired) electrons. The lowest BCUT2D eigenvalue weighted by Crippen LogP contribution is -2.65. The van der Waals surface area contributed by atoms with Crippen LogP contribution in [-0.2, 0) is 28.4 Å². The Bertz CT molecular complexity index is 853. The van der Waals surface area contributed by atoms with Gasteiger partial charge in [0.25, 0.3) is 0 Å². The summed E-state index contributed by atoms with van der Waals surface area (Å²) in [7, 11) is 1.83. The van der Waals surface area contributed by atoms with Crippen molar-refractivity contribution < 1.29 is 54.0 Å². The fraction of sp³-hybridized carbons (Fsp3) is 1.00. The molecule has 0 aromatic carbocycles. The zero-order valence-corrected chi connectivity index (χ0v) is 24.0. The van der Waals surface area contributed by atoms with Crippen molar-refractivity contribution in [2.45, 2.75) is 136 Å². The molecule has 4 fully saturated rings. The number of aliphatic hydroxyl groups is 5. The van der Waals surface area contributed by atoms with Crippen LogP contribution in [0.15, 0.2) is 0 Å². The molecule has 0 aromatic heterocycles. The summed E-state index contributed by atoms with van der Waals surface area (Å²) in [6.45, 7) is 1.27. The Balaban J connectivity index is 1.48. The van der Waals surface area contributed by atoms with Gasteiger partial charge in [0.15, 0.2) is 18.9 Å². The molecule has 0 amide bonds. The summed E-state index contributed by atoms with van der Waals surface area (Å²) >= 11 is 0. The highest BCUT2D eigenvalue weighted by Crippen LogP contribution is 2.34. The number of likely N-dealkylation sites (N-methyl/N-ethyl adjacent to an activating group) is 1. The van der Waals surface area contributed by atoms with Crippen molar-refractivity contribution in [2.24, 2.45) is 28.7 Å².